The van der Waals surface area contributed by atoms with Crippen LogP contribution in [0.25, 0.3) is 10.9 Å². The maximum atomic E-state index is 14.3. The van der Waals surface area contributed by atoms with Gasteiger partial charge in [0, 0.05) is 6.61 Å². The molecule has 0 bridgehead atoms. The number of ether oxygens (including phenoxy) is 2. The van der Waals surface area contributed by atoms with Crippen molar-refractivity contribution in [2.75, 3.05) is 33.1 Å². The molecular weight excluding hydrogens is 359 g/mol. The van der Waals surface area contributed by atoms with Crippen LogP contribution in [0.5, 0.6) is 5.88 Å². The van der Waals surface area contributed by atoms with Crippen LogP contribution in [-0.4, -0.2) is 53.6 Å². The molecule has 0 radical (unpaired) electrons. The molecule has 2 N–H and O–H groups in total. The molecule has 3 rings (SSSR count). The third-order valence-corrected chi connectivity index (χ3v) is 4.84. The zero-order valence-electron chi connectivity index (χ0n) is 13.1. The first-order valence-corrected chi connectivity index (χ1v) is 8.82. The van der Waals surface area contributed by atoms with E-state index < -0.39 is 11.4 Å². The number of likely N-dealkylation sites (N-methyl/N-ethyl adjacent to an activating group) is 1. The summed E-state index contributed by atoms with van der Waals surface area (Å²) < 4.78 is 25.4. The molecule has 1 aliphatic rings. The molecular formula is C14H16ClFN4O3S. The molecule has 2 aromatic heterocycles. The second kappa shape index (κ2) is 6.83. The number of hydrogen-bond donors (Lipinski definition) is 2. The molecule has 1 saturated heterocycles. The van der Waals surface area contributed by atoms with Gasteiger partial charge >= 0.3 is 0 Å². The molecule has 2 aromatic rings. The average Bonchev–Trinajstić information content (AvgIpc) is 3.06. The Bertz CT molecular complexity index is 826. The molecule has 0 aliphatic carbocycles. The van der Waals surface area contributed by atoms with Crippen LogP contribution >= 0.6 is 23.4 Å². The van der Waals surface area contributed by atoms with Crippen molar-refractivity contribution in [1.29, 1.82) is 0 Å². The van der Waals surface area contributed by atoms with E-state index in [0.29, 0.717) is 13.2 Å². The van der Waals surface area contributed by atoms with E-state index in [1.54, 1.807) is 13.3 Å². The molecule has 1 unspecified atom stereocenters. The molecule has 0 amide bonds. The van der Waals surface area contributed by atoms with Crippen LogP contribution in [0.1, 0.15) is 6.42 Å². The van der Waals surface area contributed by atoms with E-state index >= 15 is 0 Å². The molecule has 24 heavy (non-hydrogen) atoms. The van der Waals surface area contributed by atoms with E-state index in [0.717, 1.165) is 6.42 Å². The lowest BCUT2D eigenvalue weighted by atomic mass is 10.0. The monoisotopic (exact) mass is 374 g/mol. The van der Waals surface area contributed by atoms with Gasteiger partial charge in [0.25, 0.3) is 5.56 Å². The van der Waals surface area contributed by atoms with Crippen molar-refractivity contribution in [3.05, 3.63) is 21.3 Å². The van der Waals surface area contributed by atoms with Gasteiger partial charge in [-0.1, -0.05) is 23.4 Å². The SMILES string of the molecule is CNC1(COc2nc(Cl)c(F)c3nc(SC)[nH]c(=O)c23)CCOC1. The highest BCUT2D eigenvalue weighted by atomic mass is 35.5. The molecule has 1 fully saturated rings. The second-order valence-corrected chi connectivity index (χ2v) is 6.60. The fraction of sp³-hybridized carbons (Fsp3) is 0.500. The highest BCUT2D eigenvalue weighted by Crippen LogP contribution is 2.28. The number of rotatable bonds is 5. The van der Waals surface area contributed by atoms with Crippen molar-refractivity contribution in [2.24, 2.45) is 0 Å². The summed E-state index contributed by atoms with van der Waals surface area (Å²) in [6.45, 7) is 1.29. The number of aromatic amines is 1. The van der Waals surface area contributed by atoms with Crippen molar-refractivity contribution in [2.45, 2.75) is 17.1 Å². The lowest BCUT2D eigenvalue weighted by molar-refractivity contribution is 0.134. The summed E-state index contributed by atoms with van der Waals surface area (Å²) >= 11 is 7.03. The van der Waals surface area contributed by atoms with Crippen LogP contribution < -0.4 is 15.6 Å². The number of thioether (sulfide) groups is 1. The number of pyridine rings is 1. The van der Waals surface area contributed by atoms with Crippen molar-refractivity contribution in [1.82, 2.24) is 20.3 Å². The van der Waals surface area contributed by atoms with Crippen LogP contribution in [0.4, 0.5) is 4.39 Å². The number of aromatic nitrogens is 3. The van der Waals surface area contributed by atoms with Gasteiger partial charge < -0.3 is 19.8 Å². The largest absolute Gasteiger partial charge is 0.475 e. The first kappa shape index (κ1) is 17.4. The Balaban J connectivity index is 2.04. The molecule has 0 saturated carbocycles. The van der Waals surface area contributed by atoms with E-state index in [-0.39, 0.29) is 39.2 Å². The summed E-state index contributed by atoms with van der Waals surface area (Å²) in [7, 11) is 1.81. The van der Waals surface area contributed by atoms with Gasteiger partial charge in [-0.25, -0.2) is 9.37 Å². The number of H-pyrrole nitrogens is 1. The van der Waals surface area contributed by atoms with Gasteiger partial charge in [-0.15, -0.1) is 0 Å². The summed E-state index contributed by atoms with van der Waals surface area (Å²) in [4.78, 5) is 22.8. The standard InChI is InChI=1S/C14H16ClFN4O3S/c1-17-14(3-4-22-5-14)6-23-12-7-9(8(16)10(15)19-12)18-13(24-2)20-11(7)21/h17H,3-6H2,1-2H3,(H,18,20,21). The first-order chi connectivity index (χ1) is 11.5. The topological polar surface area (TPSA) is 89.1 Å². The molecule has 0 aromatic carbocycles. The maximum absolute atomic E-state index is 14.3. The molecule has 0 spiro atoms. The minimum atomic E-state index is -0.840. The summed E-state index contributed by atoms with van der Waals surface area (Å²) in [5.74, 6) is -0.882. The zero-order chi connectivity index (χ0) is 17.3. The van der Waals surface area contributed by atoms with Crippen LogP contribution in [0.3, 0.4) is 0 Å². The predicted octanol–water partition coefficient (Wildman–Crippen LogP) is 1.59. The molecule has 130 valence electrons. The zero-order valence-corrected chi connectivity index (χ0v) is 14.7. The summed E-state index contributed by atoms with van der Waals surface area (Å²) in [5.41, 5.74) is -1.06. The number of nitrogens with one attached hydrogen (secondary N) is 2. The molecule has 1 atom stereocenters. The minimum Gasteiger partial charge on any atom is -0.475 e. The van der Waals surface area contributed by atoms with Crippen molar-refractivity contribution in [3.8, 4) is 5.88 Å². The number of hydrogen-bond acceptors (Lipinski definition) is 7. The van der Waals surface area contributed by atoms with Gasteiger partial charge in [0.05, 0.1) is 12.1 Å². The van der Waals surface area contributed by atoms with Crippen LogP contribution in [0, 0.1) is 5.82 Å². The Morgan fingerprint density at radius 1 is 1.54 bits per heavy atom. The molecule has 7 nitrogen and oxygen atoms in total. The van der Waals surface area contributed by atoms with E-state index in [2.05, 4.69) is 20.3 Å². The highest BCUT2D eigenvalue weighted by Gasteiger charge is 2.35. The normalized spacial score (nSPS) is 20.7. The van der Waals surface area contributed by atoms with Crippen molar-refractivity contribution < 1.29 is 13.9 Å². The highest BCUT2D eigenvalue weighted by molar-refractivity contribution is 7.98. The first-order valence-electron chi connectivity index (χ1n) is 7.22. The van der Waals surface area contributed by atoms with Crippen molar-refractivity contribution >= 4 is 34.3 Å². The lowest BCUT2D eigenvalue weighted by Gasteiger charge is -2.26. The van der Waals surface area contributed by atoms with E-state index in [1.807, 2.05) is 0 Å². The van der Waals surface area contributed by atoms with Gasteiger partial charge in [0.15, 0.2) is 16.1 Å². The lowest BCUT2D eigenvalue weighted by Crippen LogP contribution is -2.48. The second-order valence-electron chi connectivity index (χ2n) is 5.44. The van der Waals surface area contributed by atoms with Gasteiger partial charge in [0.2, 0.25) is 5.88 Å². The fourth-order valence-electron chi connectivity index (χ4n) is 2.50. The van der Waals surface area contributed by atoms with Gasteiger partial charge in [-0.3, -0.25) is 4.79 Å². The van der Waals surface area contributed by atoms with E-state index in [1.165, 1.54) is 11.8 Å². The average molecular weight is 375 g/mol. The Kier molecular flexibility index (Phi) is 4.95. The van der Waals surface area contributed by atoms with Crippen LogP contribution in [0.2, 0.25) is 5.15 Å². The molecule has 3 heterocycles. The van der Waals surface area contributed by atoms with Gasteiger partial charge in [-0.2, -0.15) is 4.98 Å². The van der Waals surface area contributed by atoms with E-state index in [4.69, 9.17) is 21.1 Å². The number of fused-ring (bicyclic) bond motifs is 1. The van der Waals surface area contributed by atoms with E-state index in [9.17, 15) is 9.18 Å². The fourth-order valence-corrected chi connectivity index (χ4v) is 3.04. The smallest absolute Gasteiger partial charge is 0.265 e. The number of halogens is 2. The predicted molar refractivity (Wildman–Crippen MR) is 89.6 cm³/mol. The Morgan fingerprint density at radius 2 is 2.33 bits per heavy atom. The Morgan fingerprint density at radius 3 is 2.96 bits per heavy atom. The minimum absolute atomic E-state index is 0.0423. The van der Waals surface area contributed by atoms with Crippen LogP contribution in [0.15, 0.2) is 9.95 Å². The Hall–Kier alpha value is -1.42. The summed E-state index contributed by atoms with van der Waals surface area (Å²) in [6.07, 6.45) is 2.47. The Labute approximate surface area is 146 Å². The van der Waals surface area contributed by atoms with Gasteiger partial charge in [0.1, 0.15) is 17.5 Å². The third kappa shape index (κ3) is 3.08. The summed E-state index contributed by atoms with van der Waals surface area (Å²) in [5, 5.41) is 3.01. The number of nitrogens with zero attached hydrogens (tertiary/aromatic N) is 2. The van der Waals surface area contributed by atoms with Crippen LogP contribution in [-0.2, 0) is 4.74 Å². The molecule has 1 aliphatic heterocycles. The van der Waals surface area contributed by atoms with Crippen molar-refractivity contribution in [3.63, 3.8) is 0 Å². The van der Waals surface area contributed by atoms with Gasteiger partial charge in [-0.05, 0) is 19.7 Å². The molecule has 10 heteroatoms. The maximum Gasteiger partial charge on any atom is 0.265 e. The third-order valence-electron chi connectivity index (χ3n) is 4.01. The summed E-state index contributed by atoms with van der Waals surface area (Å²) in [6, 6.07) is 0. The quantitative estimate of drug-likeness (QED) is 0.466.